The van der Waals surface area contributed by atoms with Gasteiger partial charge in [0.05, 0.1) is 25.3 Å². The first-order valence-corrected chi connectivity index (χ1v) is 9.80. The molecule has 3 aliphatic heterocycles. The largest absolute Gasteiger partial charge is 0.497 e. The third-order valence-electron chi connectivity index (χ3n) is 6.15. The minimum Gasteiger partial charge on any atom is -0.497 e. The number of aromatic nitrogens is 1. The van der Waals surface area contributed by atoms with Crippen LogP contribution in [-0.2, 0) is 0 Å². The molecule has 1 aromatic heterocycles. The lowest BCUT2D eigenvalue weighted by Gasteiger charge is -2.50. The monoisotopic (exact) mass is 368 g/mol. The van der Waals surface area contributed by atoms with E-state index in [0.29, 0.717) is 24.3 Å². The number of rotatable bonds is 6. The van der Waals surface area contributed by atoms with E-state index in [1.165, 1.54) is 6.42 Å². The summed E-state index contributed by atoms with van der Waals surface area (Å²) in [4.78, 5) is 7.01. The minimum atomic E-state index is -0.588. The molecule has 0 spiro atoms. The maximum atomic E-state index is 11.4. The van der Waals surface area contributed by atoms with E-state index in [9.17, 15) is 5.11 Å². The fraction of sp³-hybridized carbons (Fsp3) is 0.500. The number of ether oxygens (including phenoxy) is 2. The number of methoxy groups -OCH3 is 1. The summed E-state index contributed by atoms with van der Waals surface area (Å²) in [5.74, 6) is 2.47. The number of aliphatic hydroxyl groups is 1. The number of hydrogen-bond donors (Lipinski definition) is 1. The lowest BCUT2D eigenvalue weighted by atomic mass is 9.73. The van der Waals surface area contributed by atoms with Gasteiger partial charge in [0.25, 0.3) is 0 Å². The van der Waals surface area contributed by atoms with Crippen LogP contribution in [-0.4, -0.2) is 47.8 Å². The van der Waals surface area contributed by atoms with Gasteiger partial charge in [0.1, 0.15) is 5.75 Å². The van der Waals surface area contributed by atoms with Crippen molar-refractivity contribution in [2.45, 2.75) is 31.9 Å². The molecule has 0 radical (unpaired) electrons. The zero-order valence-corrected chi connectivity index (χ0v) is 16.1. The molecule has 2 bridgehead atoms. The van der Waals surface area contributed by atoms with Crippen LogP contribution in [0.5, 0.6) is 11.6 Å². The zero-order chi connectivity index (χ0) is 19.0. The molecule has 3 fully saturated rings. The normalized spacial score (nSPS) is 28.1. The van der Waals surface area contributed by atoms with E-state index in [1.54, 1.807) is 7.11 Å². The molecular formula is C22H28N2O3. The number of nitrogens with zero attached hydrogens (tertiary/aromatic N) is 2. The van der Waals surface area contributed by atoms with Crippen molar-refractivity contribution in [2.24, 2.45) is 11.8 Å². The Morgan fingerprint density at radius 1 is 1.41 bits per heavy atom. The molecule has 3 saturated heterocycles. The van der Waals surface area contributed by atoms with Gasteiger partial charge in [-0.25, -0.2) is 4.98 Å². The van der Waals surface area contributed by atoms with Gasteiger partial charge in [-0.3, -0.25) is 4.90 Å². The average Bonchev–Trinajstić information content (AvgIpc) is 2.72. The SMILES string of the molecule is C=C[C@H]1CN2CCC1C[C@H]2[C@H](O)c1cc(OCC)nc2ccc(OC)cc12. The molecule has 27 heavy (non-hydrogen) atoms. The van der Waals surface area contributed by atoms with Crippen molar-refractivity contribution < 1.29 is 14.6 Å². The summed E-state index contributed by atoms with van der Waals surface area (Å²) in [5.41, 5.74) is 1.69. The van der Waals surface area contributed by atoms with Crippen molar-refractivity contribution >= 4 is 10.9 Å². The number of benzene rings is 1. The first-order valence-electron chi connectivity index (χ1n) is 9.80. The summed E-state index contributed by atoms with van der Waals surface area (Å²) in [5, 5.41) is 12.3. The standard InChI is InChI=1S/C22H28N2O3/c1-4-14-13-24-9-8-15(14)10-20(24)22(25)18-12-21(27-5-2)23-19-7-6-16(26-3)11-17(18)19/h4,6-7,11-12,14-15,20,22,25H,1,5,8-10,13H2,2-3H3/t14-,15?,20-,22+/m0/s1. The van der Waals surface area contributed by atoms with E-state index < -0.39 is 6.10 Å². The quantitative estimate of drug-likeness (QED) is 0.790. The highest BCUT2D eigenvalue weighted by atomic mass is 16.5. The van der Waals surface area contributed by atoms with E-state index in [0.717, 1.165) is 41.7 Å². The van der Waals surface area contributed by atoms with E-state index >= 15 is 0 Å². The molecule has 3 aliphatic rings. The lowest BCUT2D eigenvalue weighted by Crippen LogP contribution is -2.54. The molecule has 5 nitrogen and oxygen atoms in total. The van der Waals surface area contributed by atoms with Crippen molar-refractivity contribution in [3.05, 3.63) is 42.5 Å². The maximum absolute atomic E-state index is 11.4. The molecular weight excluding hydrogens is 340 g/mol. The van der Waals surface area contributed by atoms with Gasteiger partial charge in [-0.2, -0.15) is 0 Å². The van der Waals surface area contributed by atoms with Crippen molar-refractivity contribution in [3.63, 3.8) is 0 Å². The molecule has 5 rings (SSSR count). The van der Waals surface area contributed by atoms with Crippen LogP contribution in [0.25, 0.3) is 10.9 Å². The second-order valence-corrected chi connectivity index (χ2v) is 7.56. The topological polar surface area (TPSA) is 54.8 Å². The first kappa shape index (κ1) is 18.3. The molecule has 5 atom stereocenters. The van der Waals surface area contributed by atoms with Gasteiger partial charge in [-0.1, -0.05) is 6.08 Å². The Bertz CT molecular complexity index is 838. The van der Waals surface area contributed by atoms with Gasteiger partial charge in [-0.05, 0) is 61.9 Å². The minimum absolute atomic E-state index is 0.117. The van der Waals surface area contributed by atoms with Gasteiger partial charge >= 0.3 is 0 Å². The summed E-state index contributed by atoms with van der Waals surface area (Å²) in [6.45, 7) is 8.51. The van der Waals surface area contributed by atoms with Gasteiger partial charge in [0.2, 0.25) is 5.88 Å². The van der Waals surface area contributed by atoms with Crippen molar-refractivity contribution in [3.8, 4) is 11.6 Å². The number of fused-ring (bicyclic) bond motifs is 4. The van der Waals surface area contributed by atoms with Crippen LogP contribution in [0.3, 0.4) is 0 Å². The van der Waals surface area contributed by atoms with Crippen LogP contribution in [0, 0.1) is 11.8 Å². The fourth-order valence-electron chi connectivity index (χ4n) is 4.71. The first-order chi connectivity index (χ1) is 13.1. The molecule has 5 heteroatoms. The van der Waals surface area contributed by atoms with E-state index in [1.807, 2.05) is 31.2 Å². The summed E-state index contributed by atoms with van der Waals surface area (Å²) >= 11 is 0. The molecule has 144 valence electrons. The van der Waals surface area contributed by atoms with Crippen molar-refractivity contribution in [1.82, 2.24) is 9.88 Å². The van der Waals surface area contributed by atoms with Crippen LogP contribution < -0.4 is 9.47 Å². The molecule has 1 aromatic carbocycles. The molecule has 1 N–H and O–H groups in total. The Labute approximate surface area is 160 Å². The van der Waals surface area contributed by atoms with Gasteiger partial charge in [0.15, 0.2) is 0 Å². The number of pyridine rings is 1. The Morgan fingerprint density at radius 2 is 2.26 bits per heavy atom. The smallest absolute Gasteiger partial charge is 0.214 e. The van der Waals surface area contributed by atoms with Crippen LogP contribution in [0.1, 0.15) is 31.4 Å². The number of piperidine rings is 3. The molecule has 4 heterocycles. The zero-order valence-electron chi connectivity index (χ0n) is 16.1. The fourth-order valence-corrected chi connectivity index (χ4v) is 4.71. The lowest BCUT2D eigenvalue weighted by molar-refractivity contribution is -0.0445. The average molecular weight is 368 g/mol. The summed E-state index contributed by atoms with van der Waals surface area (Å²) in [7, 11) is 1.65. The Hall–Kier alpha value is -2.11. The van der Waals surface area contributed by atoms with E-state index in [-0.39, 0.29) is 6.04 Å². The van der Waals surface area contributed by atoms with Crippen molar-refractivity contribution in [2.75, 3.05) is 26.8 Å². The molecule has 0 aliphatic carbocycles. The van der Waals surface area contributed by atoms with E-state index in [4.69, 9.17) is 9.47 Å². The summed E-state index contributed by atoms with van der Waals surface area (Å²) in [6.07, 6.45) is 3.68. The number of hydrogen-bond acceptors (Lipinski definition) is 5. The molecule has 0 saturated carbocycles. The van der Waals surface area contributed by atoms with Crippen LogP contribution in [0.2, 0.25) is 0 Å². The predicted molar refractivity (Wildman–Crippen MR) is 106 cm³/mol. The van der Waals surface area contributed by atoms with Gasteiger partial charge in [0, 0.05) is 24.0 Å². The highest BCUT2D eigenvalue weighted by Gasteiger charge is 2.42. The highest BCUT2D eigenvalue weighted by molar-refractivity contribution is 5.84. The predicted octanol–water partition coefficient (Wildman–Crippen LogP) is 3.57. The summed E-state index contributed by atoms with van der Waals surface area (Å²) in [6, 6.07) is 7.78. The highest BCUT2D eigenvalue weighted by Crippen LogP contribution is 2.42. The maximum Gasteiger partial charge on any atom is 0.214 e. The van der Waals surface area contributed by atoms with Crippen molar-refractivity contribution in [1.29, 1.82) is 0 Å². The van der Waals surface area contributed by atoms with Crippen LogP contribution >= 0.6 is 0 Å². The van der Waals surface area contributed by atoms with Crippen LogP contribution in [0.4, 0.5) is 0 Å². The summed E-state index contributed by atoms with van der Waals surface area (Å²) < 4.78 is 11.1. The van der Waals surface area contributed by atoms with Gasteiger partial charge < -0.3 is 14.6 Å². The van der Waals surface area contributed by atoms with Crippen LogP contribution in [0.15, 0.2) is 36.9 Å². The molecule has 0 amide bonds. The van der Waals surface area contributed by atoms with E-state index in [2.05, 4.69) is 22.5 Å². The molecule has 2 unspecified atom stereocenters. The second kappa shape index (κ2) is 7.49. The third-order valence-corrected chi connectivity index (χ3v) is 6.15. The Kier molecular flexibility index (Phi) is 5.06. The number of aliphatic hydroxyl groups excluding tert-OH is 1. The van der Waals surface area contributed by atoms with Gasteiger partial charge in [-0.15, -0.1) is 6.58 Å². The third kappa shape index (κ3) is 3.30. The second-order valence-electron chi connectivity index (χ2n) is 7.56. The Balaban J connectivity index is 1.74. The molecule has 2 aromatic rings. The Morgan fingerprint density at radius 3 is 2.93 bits per heavy atom.